The number of halogens is 1. The van der Waals surface area contributed by atoms with Gasteiger partial charge in [-0.05, 0) is 31.1 Å². The Hall–Kier alpha value is -0.110. The zero-order chi connectivity index (χ0) is 7.14. The van der Waals surface area contributed by atoms with Gasteiger partial charge in [-0.15, -0.1) is 0 Å². The monoisotopic (exact) mass is 144 g/mol. The van der Waals surface area contributed by atoms with Gasteiger partial charge in [0.15, 0.2) is 0 Å². The average Bonchev–Trinajstić information content (AvgIpc) is 2.46. The molecule has 0 N–H and O–H groups in total. The van der Waals surface area contributed by atoms with Crippen molar-refractivity contribution in [3.8, 4) is 0 Å². The highest BCUT2D eigenvalue weighted by molar-refractivity contribution is 4.97. The minimum Gasteiger partial charge on any atom is -0.378 e. The molecule has 2 fully saturated rings. The molecule has 0 unspecified atom stereocenters. The van der Waals surface area contributed by atoms with Crippen LogP contribution in [-0.4, -0.2) is 19.4 Å². The van der Waals surface area contributed by atoms with E-state index in [9.17, 15) is 4.39 Å². The molecule has 0 heterocycles. The lowest BCUT2D eigenvalue weighted by Gasteiger charge is -2.23. The Morgan fingerprint density at radius 1 is 1.30 bits per heavy atom. The van der Waals surface area contributed by atoms with E-state index in [4.69, 9.17) is 4.74 Å². The second kappa shape index (κ2) is 2.19. The summed E-state index contributed by atoms with van der Waals surface area (Å²) in [7, 11) is 1.62. The lowest BCUT2D eigenvalue weighted by atomic mass is 9.96. The lowest BCUT2D eigenvalue weighted by Crippen LogP contribution is -2.30. The molecule has 0 aromatic heterocycles. The summed E-state index contributed by atoms with van der Waals surface area (Å²) < 4.78 is 18.2. The maximum Gasteiger partial charge on any atom is 0.129 e. The topological polar surface area (TPSA) is 9.23 Å². The van der Waals surface area contributed by atoms with E-state index in [2.05, 4.69) is 0 Å². The first kappa shape index (κ1) is 6.59. The third kappa shape index (κ3) is 0.715. The fraction of sp³-hybridized carbons (Fsp3) is 1.00. The molecule has 2 heteroatoms. The highest BCUT2D eigenvalue weighted by Gasteiger charge is 2.48. The van der Waals surface area contributed by atoms with Gasteiger partial charge in [-0.3, -0.25) is 0 Å². The van der Waals surface area contributed by atoms with E-state index in [0.29, 0.717) is 11.8 Å². The molecule has 2 aliphatic rings. The number of rotatable bonds is 1. The zero-order valence-electron chi connectivity index (χ0n) is 6.22. The average molecular weight is 144 g/mol. The van der Waals surface area contributed by atoms with Crippen molar-refractivity contribution in [1.29, 1.82) is 0 Å². The number of fused-ring (bicyclic) bond motifs is 2. The Labute approximate surface area is 60.6 Å². The largest absolute Gasteiger partial charge is 0.378 e. The van der Waals surface area contributed by atoms with Crippen molar-refractivity contribution >= 4 is 0 Å². The molecule has 4 atom stereocenters. The summed E-state index contributed by atoms with van der Waals surface area (Å²) in [6.07, 6.45) is 2.61. The Morgan fingerprint density at radius 2 is 2.00 bits per heavy atom. The van der Waals surface area contributed by atoms with Gasteiger partial charge in [0.2, 0.25) is 0 Å². The van der Waals surface area contributed by atoms with E-state index in [-0.39, 0.29) is 6.10 Å². The van der Waals surface area contributed by atoms with Crippen LogP contribution in [0.3, 0.4) is 0 Å². The Morgan fingerprint density at radius 3 is 2.40 bits per heavy atom. The number of hydrogen-bond acceptors (Lipinski definition) is 1. The highest BCUT2D eigenvalue weighted by atomic mass is 19.1. The molecular formula is C8H13FO. The van der Waals surface area contributed by atoms with Crippen molar-refractivity contribution in [3.05, 3.63) is 0 Å². The number of ether oxygens (including phenoxy) is 1. The third-order valence-electron chi connectivity index (χ3n) is 3.01. The second-order valence-electron chi connectivity index (χ2n) is 3.48. The highest BCUT2D eigenvalue weighted by Crippen LogP contribution is 2.47. The van der Waals surface area contributed by atoms with E-state index in [1.54, 1.807) is 7.11 Å². The summed E-state index contributed by atoms with van der Waals surface area (Å²) >= 11 is 0. The van der Waals surface area contributed by atoms with E-state index in [1.165, 1.54) is 6.42 Å². The summed E-state index contributed by atoms with van der Waals surface area (Å²) in [6, 6.07) is 0. The van der Waals surface area contributed by atoms with Crippen LogP contribution in [0.2, 0.25) is 0 Å². The molecular weight excluding hydrogens is 131 g/mol. The van der Waals surface area contributed by atoms with Crippen LogP contribution in [0, 0.1) is 11.8 Å². The predicted octanol–water partition coefficient (Wildman–Crippen LogP) is 1.77. The van der Waals surface area contributed by atoms with Gasteiger partial charge in [-0.1, -0.05) is 0 Å². The number of hydrogen-bond donors (Lipinski definition) is 0. The quantitative estimate of drug-likeness (QED) is 0.545. The van der Waals surface area contributed by atoms with Crippen LogP contribution < -0.4 is 0 Å². The van der Waals surface area contributed by atoms with Gasteiger partial charge in [0.1, 0.15) is 6.17 Å². The van der Waals surface area contributed by atoms with Gasteiger partial charge in [0, 0.05) is 7.11 Å². The molecule has 1 nitrogen and oxygen atoms in total. The standard InChI is InChI=1S/C8H13FO/c1-10-8-6-3-2-5(4-6)7(8)9/h5-8H,2-4H2,1H3/t5-,6-,7+,8+/m0/s1. The van der Waals surface area contributed by atoms with Gasteiger partial charge < -0.3 is 4.74 Å². The summed E-state index contributed by atoms with van der Waals surface area (Å²) in [6.45, 7) is 0. The second-order valence-corrected chi connectivity index (χ2v) is 3.48. The Kier molecular flexibility index (Phi) is 1.44. The van der Waals surface area contributed by atoms with Crippen molar-refractivity contribution in [2.45, 2.75) is 31.5 Å². The van der Waals surface area contributed by atoms with Crippen molar-refractivity contribution in [2.24, 2.45) is 11.8 Å². The zero-order valence-corrected chi connectivity index (χ0v) is 6.22. The van der Waals surface area contributed by atoms with Gasteiger partial charge >= 0.3 is 0 Å². The van der Waals surface area contributed by atoms with Crippen LogP contribution in [0.25, 0.3) is 0 Å². The van der Waals surface area contributed by atoms with Gasteiger partial charge in [0.05, 0.1) is 6.10 Å². The molecule has 2 aliphatic carbocycles. The molecule has 0 spiro atoms. The molecule has 0 radical (unpaired) electrons. The molecule has 2 bridgehead atoms. The first-order valence-corrected chi connectivity index (χ1v) is 4.00. The summed E-state index contributed by atoms with van der Waals surface area (Å²) in [5.41, 5.74) is 0. The molecule has 0 aliphatic heterocycles. The fourth-order valence-electron chi connectivity index (χ4n) is 2.49. The van der Waals surface area contributed by atoms with Crippen LogP contribution in [0.4, 0.5) is 4.39 Å². The van der Waals surface area contributed by atoms with Gasteiger partial charge in [-0.25, -0.2) is 4.39 Å². The Balaban J connectivity index is 2.10. The first-order valence-electron chi connectivity index (χ1n) is 4.00. The Bertz CT molecular complexity index is 135. The van der Waals surface area contributed by atoms with E-state index >= 15 is 0 Å². The molecule has 58 valence electrons. The van der Waals surface area contributed by atoms with Crippen LogP contribution >= 0.6 is 0 Å². The van der Waals surface area contributed by atoms with Crippen molar-refractivity contribution in [3.63, 3.8) is 0 Å². The lowest BCUT2D eigenvalue weighted by molar-refractivity contribution is -0.00235. The number of alkyl halides is 1. The van der Waals surface area contributed by atoms with Crippen molar-refractivity contribution in [2.75, 3.05) is 7.11 Å². The van der Waals surface area contributed by atoms with Crippen LogP contribution in [-0.2, 0) is 4.74 Å². The molecule has 0 amide bonds. The van der Waals surface area contributed by atoms with Crippen molar-refractivity contribution in [1.82, 2.24) is 0 Å². The minimum atomic E-state index is -0.663. The maximum absolute atomic E-state index is 13.2. The predicted molar refractivity (Wildman–Crippen MR) is 36.5 cm³/mol. The van der Waals surface area contributed by atoms with Crippen LogP contribution in [0.15, 0.2) is 0 Å². The molecule has 2 saturated carbocycles. The van der Waals surface area contributed by atoms with Crippen LogP contribution in [0.1, 0.15) is 19.3 Å². The maximum atomic E-state index is 13.2. The normalized spacial score (nSPS) is 52.2. The summed E-state index contributed by atoms with van der Waals surface area (Å²) in [5.74, 6) is 0.861. The molecule has 0 aromatic carbocycles. The minimum absolute atomic E-state index is 0.0706. The van der Waals surface area contributed by atoms with Crippen molar-refractivity contribution < 1.29 is 9.13 Å². The fourth-order valence-corrected chi connectivity index (χ4v) is 2.49. The number of methoxy groups -OCH3 is 1. The molecule has 0 saturated heterocycles. The first-order chi connectivity index (χ1) is 4.83. The molecule has 0 aromatic rings. The van der Waals surface area contributed by atoms with E-state index in [1.807, 2.05) is 0 Å². The van der Waals surface area contributed by atoms with E-state index in [0.717, 1.165) is 12.8 Å². The summed E-state index contributed by atoms with van der Waals surface area (Å²) in [4.78, 5) is 0. The SMILES string of the molecule is CO[C@@H]1[C@H]2CC[C@@H](C2)[C@H]1F. The molecule has 10 heavy (non-hydrogen) atoms. The van der Waals surface area contributed by atoms with Gasteiger partial charge in [0.25, 0.3) is 0 Å². The third-order valence-corrected chi connectivity index (χ3v) is 3.01. The van der Waals surface area contributed by atoms with E-state index < -0.39 is 6.17 Å². The summed E-state index contributed by atoms with van der Waals surface area (Å²) in [5, 5.41) is 0. The van der Waals surface area contributed by atoms with Gasteiger partial charge in [-0.2, -0.15) is 0 Å². The smallest absolute Gasteiger partial charge is 0.129 e. The van der Waals surface area contributed by atoms with Crippen LogP contribution in [0.5, 0.6) is 0 Å². The molecule has 2 rings (SSSR count).